The van der Waals surface area contributed by atoms with E-state index < -0.39 is 0 Å². The number of aromatic nitrogens is 1. The Morgan fingerprint density at radius 3 is 2.67 bits per heavy atom. The van der Waals surface area contributed by atoms with Gasteiger partial charge in [-0.3, -0.25) is 4.99 Å². The molecule has 1 aliphatic carbocycles. The number of nitrogens with one attached hydrogen (secondary N) is 2. The Bertz CT molecular complexity index is 772. The van der Waals surface area contributed by atoms with Gasteiger partial charge in [0.05, 0.1) is 19.3 Å². The topological polar surface area (TPSA) is 71.7 Å². The number of aliphatic imine (C=N–C) groups is 1. The molecule has 0 saturated heterocycles. The molecule has 0 bridgehead atoms. The molecule has 1 heterocycles. The lowest BCUT2D eigenvalue weighted by molar-refractivity contribution is 0.403. The van der Waals surface area contributed by atoms with Gasteiger partial charge in [-0.15, -0.1) is 0 Å². The van der Waals surface area contributed by atoms with Crippen LogP contribution in [0, 0.1) is 13.8 Å². The van der Waals surface area contributed by atoms with Crippen LogP contribution in [0.2, 0.25) is 0 Å². The fourth-order valence-corrected chi connectivity index (χ4v) is 3.82. The van der Waals surface area contributed by atoms with Gasteiger partial charge in [-0.2, -0.15) is 0 Å². The van der Waals surface area contributed by atoms with Crippen molar-refractivity contribution in [1.29, 1.82) is 0 Å². The number of benzene rings is 1. The molecule has 2 N–H and O–H groups in total. The standard InChI is InChI=1S/C21H30N4O2/c1-15-16(2)27-19(25-15)13-23-20(22-3)24-14-21(10-5-6-11-21)17-8-7-9-18(12-17)26-4/h7-9,12H,5-6,10-11,13-14H2,1-4H3,(H2,22,23,24). The van der Waals surface area contributed by atoms with E-state index in [-0.39, 0.29) is 5.41 Å². The third-order valence-corrected chi connectivity index (χ3v) is 5.54. The maximum absolute atomic E-state index is 5.63. The predicted molar refractivity (Wildman–Crippen MR) is 107 cm³/mol. The van der Waals surface area contributed by atoms with Gasteiger partial charge in [-0.25, -0.2) is 4.98 Å². The molecule has 3 rings (SSSR count). The summed E-state index contributed by atoms with van der Waals surface area (Å²) in [5.41, 5.74) is 2.38. The van der Waals surface area contributed by atoms with E-state index in [1.165, 1.54) is 31.2 Å². The van der Waals surface area contributed by atoms with E-state index in [9.17, 15) is 0 Å². The van der Waals surface area contributed by atoms with Crippen molar-refractivity contribution in [3.8, 4) is 5.75 Å². The molecule has 0 unspecified atom stereocenters. The molecule has 1 fully saturated rings. The minimum atomic E-state index is 0.113. The minimum absolute atomic E-state index is 0.113. The highest BCUT2D eigenvalue weighted by atomic mass is 16.5. The normalized spacial score (nSPS) is 16.4. The molecule has 1 aliphatic rings. The van der Waals surface area contributed by atoms with Crippen LogP contribution in [-0.4, -0.2) is 31.6 Å². The maximum atomic E-state index is 5.63. The van der Waals surface area contributed by atoms with E-state index in [0.717, 1.165) is 29.7 Å². The van der Waals surface area contributed by atoms with E-state index in [0.29, 0.717) is 12.4 Å². The lowest BCUT2D eigenvalue weighted by atomic mass is 9.78. The van der Waals surface area contributed by atoms with Crippen molar-refractivity contribution in [3.63, 3.8) is 0 Å². The number of rotatable bonds is 6. The molecular weight excluding hydrogens is 340 g/mol. The average molecular weight is 370 g/mol. The van der Waals surface area contributed by atoms with Crippen LogP contribution in [0.5, 0.6) is 5.75 Å². The fourth-order valence-electron chi connectivity index (χ4n) is 3.82. The Balaban J connectivity index is 1.65. The summed E-state index contributed by atoms with van der Waals surface area (Å²) in [6, 6.07) is 8.46. The van der Waals surface area contributed by atoms with Crippen LogP contribution < -0.4 is 15.4 Å². The molecule has 1 aromatic carbocycles. The largest absolute Gasteiger partial charge is 0.497 e. The number of hydrogen-bond donors (Lipinski definition) is 2. The van der Waals surface area contributed by atoms with Crippen molar-refractivity contribution < 1.29 is 9.15 Å². The number of ether oxygens (including phenoxy) is 1. The third kappa shape index (κ3) is 4.43. The number of hydrogen-bond acceptors (Lipinski definition) is 4. The van der Waals surface area contributed by atoms with E-state index in [1.807, 2.05) is 19.9 Å². The van der Waals surface area contributed by atoms with E-state index >= 15 is 0 Å². The summed E-state index contributed by atoms with van der Waals surface area (Å²) in [7, 11) is 3.50. The zero-order valence-electron chi connectivity index (χ0n) is 16.8. The molecule has 6 nitrogen and oxygen atoms in total. The van der Waals surface area contributed by atoms with Gasteiger partial charge in [0.15, 0.2) is 5.96 Å². The van der Waals surface area contributed by atoms with Crippen molar-refractivity contribution in [2.75, 3.05) is 20.7 Å². The summed E-state index contributed by atoms with van der Waals surface area (Å²) >= 11 is 0. The second kappa shape index (κ2) is 8.46. The number of nitrogens with zero attached hydrogens (tertiary/aromatic N) is 2. The Morgan fingerprint density at radius 2 is 2.04 bits per heavy atom. The van der Waals surface area contributed by atoms with E-state index in [4.69, 9.17) is 9.15 Å². The fraction of sp³-hybridized carbons (Fsp3) is 0.524. The monoisotopic (exact) mass is 370 g/mol. The van der Waals surface area contributed by atoms with Crippen LogP contribution in [0.4, 0.5) is 0 Å². The third-order valence-electron chi connectivity index (χ3n) is 5.54. The van der Waals surface area contributed by atoms with Gasteiger partial charge in [0.25, 0.3) is 0 Å². The predicted octanol–water partition coefficient (Wildman–Crippen LogP) is 3.48. The first-order chi connectivity index (χ1) is 13.1. The molecule has 1 aromatic heterocycles. The van der Waals surface area contributed by atoms with Gasteiger partial charge < -0.3 is 19.8 Å². The van der Waals surface area contributed by atoms with Gasteiger partial charge in [0, 0.05) is 19.0 Å². The molecule has 146 valence electrons. The zero-order chi connectivity index (χ0) is 19.3. The summed E-state index contributed by atoms with van der Waals surface area (Å²) < 4.78 is 11.1. The minimum Gasteiger partial charge on any atom is -0.497 e. The Kier molecular flexibility index (Phi) is 6.04. The SMILES string of the molecule is CN=C(NCc1nc(C)c(C)o1)NCC1(c2cccc(OC)c2)CCCC1. The van der Waals surface area contributed by atoms with E-state index in [1.54, 1.807) is 14.2 Å². The number of methoxy groups -OCH3 is 1. The van der Waals surface area contributed by atoms with Crippen LogP contribution >= 0.6 is 0 Å². The smallest absolute Gasteiger partial charge is 0.214 e. The summed E-state index contributed by atoms with van der Waals surface area (Å²) in [6.45, 7) is 5.23. The van der Waals surface area contributed by atoms with Gasteiger partial charge in [-0.1, -0.05) is 25.0 Å². The van der Waals surface area contributed by atoms with Crippen LogP contribution in [0.3, 0.4) is 0 Å². The maximum Gasteiger partial charge on any atom is 0.214 e. The lowest BCUT2D eigenvalue weighted by Gasteiger charge is -2.31. The highest BCUT2D eigenvalue weighted by molar-refractivity contribution is 5.79. The highest BCUT2D eigenvalue weighted by Gasteiger charge is 2.36. The van der Waals surface area contributed by atoms with E-state index in [2.05, 4.69) is 38.8 Å². The molecular formula is C21H30N4O2. The molecule has 27 heavy (non-hydrogen) atoms. The van der Waals surface area contributed by atoms with Crippen LogP contribution in [-0.2, 0) is 12.0 Å². The summed E-state index contributed by atoms with van der Waals surface area (Å²) in [5.74, 6) is 3.21. The van der Waals surface area contributed by atoms with Crippen LogP contribution in [0.15, 0.2) is 33.7 Å². The van der Waals surface area contributed by atoms with Gasteiger partial charge in [0.1, 0.15) is 11.5 Å². The second-order valence-electron chi connectivity index (χ2n) is 7.25. The lowest BCUT2D eigenvalue weighted by Crippen LogP contribution is -2.44. The van der Waals surface area contributed by atoms with Crippen molar-refractivity contribution in [3.05, 3.63) is 47.2 Å². The van der Waals surface area contributed by atoms with Crippen molar-refractivity contribution in [2.24, 2.45) is 4.99 Å². The summed E-state index contributed by atoms with van der Waals surface area (Å²) in [6.07, 6.45) is 4.84. The first-order valence-corrected chi connectivity index (χ1v) is 9.58. The van der Waals surface area contributed by atoms with Crippen LogP contribution in [0.25, 0.3) is 0 Å². The van der Waals surface area contributed by atoms with Gasteiger partial charge in [-0.05, 0) is 44.4 Å². The average Bonchev–Trinajstić information content (AvgIpc) is 3.29. The Hall–Kier alpha value is -2.50. The molecule has 6 heteroatoms. The summed E-state index contributed by atoms with van der Waals surface area (Å²) in [4.78, 5) is 8.76. The summed E-state index contributed by atoms with van der Waals surface area (Å²) in [5, 5.41) is 6.81. The first kappa shape index (κ1) is 19.3. The van der Waals surface area contributed by atoms with Crippen LogP contribution in [0.1, 0.15) is 48.6 Å². The van der Waals surface area contributed by atoms with Crippen molar-refractivity contribution in [2.45, 2.75) is 51.5 Å². The molecule has 0 atom stereocenters. The van der Waals surface area contributed by atoms with Crippen molar-refractivity contribution >= 4 is 5.96 Å². The molecule has 2 aromatic rings. The van der Waals surface area contributed by atoms with Gasteiger partial charge in [0.2, 0.25) is 5.89 Å². The molecule has 0 spiro atoms. The first-order valence-electron chi connectivity index (χ1n) is 9.58. The number of aryl methyl sites for hydroxylation is 2. The Labute approximate surface area is 161 Å². The van der Waals surface area contributed by atoms with Crippen molar-refractivity contribution in [1.82, 2.24) is 15.6 Å². The Morgan fingerprint density at radius 1 is 1.26 bits per heavy atom. The van der Waals surface area contributed by atoms with Gasteiger partial charge >= 0.3 is 0 Å². The molecule has 0 aliphatic heterocycles. The highest BCUT2D eigenvalue weighted by Crippen LogP contribution is 2.41. The zero-order valence-corrected chi connectivity index (χ0v) is 16.8. The molecule has 0 amide bonds. The number of guanidine groups is 1. The molecule has 1 saturated carbocycles. The number of oxazole rings is 1. The molecule has 0 radical (unpaired) electrons. The quantitative estimate of drug-likeness (QED) is 0.602. The second-order valence-corrected chi connectivity index (χ2v) is 7.25.